The second-order valence-electron chi connectivity index (χ2n) is 5.00. The van der Waals surface area contributed by atoms with Crippen LogP contribution in [-0.4, -0.2) is 30.1 Å². The van der Waals surface area contributed by atoms with Crippen LogP contribution in [0.1, 0.15) is 27.5 Å². The van der Waals surface area contributed by atoms with Crippen LogP contribution >= 0.6 is 11.8 Å². The molecule has 8 heteroatoms. The average molecular weight is 356 g/mol. The molecular formula is C17H16N4O3S. The molecule has 0 radical (unpaired) electrons. The maximum atomic E-state index is 12.5. The first kappa shape index (κ1) is 18.3. The van der Waals surface area contributed by atoms with Crippen molar-refractivity contribution in [3.05, 3.63) is 63.4 Å². The van der Waals surface area contributed by atoms with Gasteiger partial charge in [-0.25, -0.2) is 0 Å². The second kappa shape index (κ2) is 8.17. The van der Waals surface area contributed by atoms with E-state index in [1.807, 2.05) is 6.07 Å². The van der Waals surface area contributed by atoms with Crippen LogP contribution in [0.25, 0.3) is 0 Å². The average Bonchev–Trinajstić information content (AvgIpc) is 2.65. The Labute approximate surface area is 148 Å². The number of pyridine rings is 1. The van der Waals surface area contributed by atoms with Crippen molar-refractivity contribution in [3.8, 4) is 6.07 Å². The largest absolute Gasteiger partial charge is 0.357 e. The van der Waals surface area contributed by atoms with Gasteiger partial charge in [-0.15, -0.1) is 11.8 Å². The molecule has 25 heavy (non-hydrogen) atoms. The lowest BCUT2D eigenvalue weighted by molar-refractivity contribution is -0.122. The fraction of sp³-hybridized carbons (Fsp3) is 0.176. The first-order chi connectivity index (χ1) is 12.0. The standard InChI is InChI=1S/C17H16N4O3S/c1-19-16(24)13(10-6-4-3-5-7-10)20-14(22)12-8-11(9-18)17(25-2)21-15(12)23/h3-8,13H,1-2H3,(H,19,24)(H,20,22)(H,21,23). The minimum Gasteiger partial charge on any atom is -0.357 e. The number of amides is 2. The first-order valence-electron chi connectivity index (χ1n) is 7.30. The lowest BCUT2D eigenvalue weighted by Crippen LogP contribution is -2.40. The van der Waals surface area contributed by atoms with Crippen molar-refractivity contribution in [1.82, 2.24) is 15.6 Å². The molecule has 1 atom stereocenters. The maximum Gasteiger partial charge on any atom is 0.261 e. The van der Waals surface area contributed by atoms with Gasteiger partial charge in [0.2, 0.25) is 5.91 Å². The van der Waals surface area contributed by atoms with Crippen LogP contribution in [0.2, 0.25) is 0 Å². The molecular weight excluding hydrogens is 340 g/mol. The summed E-state index contributed by atoms with van der Waals surface area (Å²) < 4.78 is 0. The number of hydrogen-bond donors (Lipinski definition) is 3. The van der Waals surface area contributed by atoms with Gasteiger partial charge in [0.05, 0.1) is 10.6 Å². The molecule has 0 fully saturated rings. The fourth-order valence-electron chi connectivity index (χ4n) is 2.22. The lowest BCUT2D eigenvalue weighted by Gasteiger charge is -2.17. The van der Waals surface area contributed by atoms with Crippen LogP contribution in [0.5, 0.6) is 0 Å². The van der Waals surface area contributed by atoms with E-state index in [0.717, 1.165) is 0 Å². The summed E-state index contributed by atoms with van der Waals surface area (Å²) in [6.07, 6.45) is 1.71. The minimum absolute atomic E-state index is 0.188. The smallest absolute Gasteiger partial charge is 0.261 e. The van der Waals surface area contributed by atoms with E-state index in [1.54, 1.807) is 36.6 Å². The van der Waals surface area contributed by atoms with Gasteiger partial charge in [-0.1, -0.05) is 30.3 Å². The molecule has 0 spiro atoms. The zero-order valence-corrected chi connectivity index (χ0v) is 14.4. The van der Waals surface area contributed by atoms with Gasteiger partial charge in [0, 0.05) is 7.05 Å². The molecule has 0 saturated heterocycles. The molecule has 0 bridgehead atoms. The highest BCUT2D eigenvalue weighted by molar-refractivity contribution is 7.98. The Bertz CT molecular complexity index is 887. The van der Waals surface area contributed by atoms with Crippen molar-refractivity contribution in [1.29, 1.82) is 5.26 Å². The zero-order valence-electron chi connectivity index (χ0n) is 13.6. The molecule has 0 aliphatic heterocycles. The summed E-state index contributed by atoms with van der Waals surface area (Å²) in [5.74, 6) is -1.15. The number of nitrogens with one attached hydrogen (secondary N) is 3. The Morgan fingerprint density at radius 3 is 2.52 bits per heavy atom. The number of hydrogen-bond acceptors (Lipinski definition) is 5. The molecule has 128 valence electrons. The summed E-state index contributed by atoms with van der Waals surface area (Å²) in [4.78, 5) is 39.3. The van der Waals surface area contributed by atoms with E-state index in [9.17, 15) is 14.4 Å². The van der Waals surface area contributed by atoms with Gasteiger partial charge in [-0.05, 0) is 17.9 Å². The molecule has 1 heterocycles. The molecule has 1 unspecified atom stereocenters. The number of benzene rings is 1. The van der Waals surface area contributed by atoms with Crippen molar-refractivity contribution in [2.45, 2.75) is 11.1 Å². The van der Waals surface area contributed by atoms with E-state index in [-0.39, 0.29) is 11.1 Å². The number of nitrogens with zero attached hydrogens (tertiary/aromatic N) is 1. The van der Waals surface area contributed by atoms with E-state index in [2.05, 4.69) is 15.6 Å². The quantitative estimate of drug-likeness (QED) is 0.696. The second-order valence-corrected chi connectivity index (χ2v) is 5.82. The van der Waals surface area contributed by atoms with E-state index < -0.39 is 23.4 Å². The molecule has 0 saturated carbocycles. The van der Waals surface area contributed by atoms with Crippen molar-refractivity contribution >= 4 is 23.6 Å². The van der Waals surface area contributed by atoms with Crippen LogP contribution in [0.4, 0.5) is 0 Å². The number of nitriles is 1. The summed E-state index contributed by atoms with van der Waals surface area (Å²) in [5, 5.41) is 14.6. The molecule has 7 nitrogen and oxygen atoms in total. The highest BCUT2D eigenvalue weighted by Gasteiger charge is 2.24. The van der Waals surface area contributed by atoms with E-state index in [4.69, 9.17) is 5.26 Å². The van der Waals surface area contributed by atoms with Gasteiger partial charge in [0.25, 0.3) is 11.5 Å². The number of carbonyl (C=O) groups excluding carboxylic acids is 2. The predicted octanol–water partition coefficient (Wildman–Crippen LogP) is 1.19. The number of aromatic amines is 1. The summed E-state index contributed by atoms with van der Waals surface area (Å²) in [5.41, 5.74) is -0.0786. The van der Waals surface area contributed by atoms with Gasteiger partial charge >= 0.3 is 0 Å². The Morgan fingerprint density at radius 2 is 1.96 bits per heavy atom. The van der Waals surface area contributed by atoms with Crippen LogP contribution in [-0.2, 0) is 4.79 Å². The molecule has 2 amide bonds. The van der Waals surface area contributed by atoms with Gasteiger partial charge in [-0.3, -0.25) is 14.4 Å². The normalized spacial score (nSPS) is 11.2. The monoisotopic (exact) mass is 356 g/mol. The van der Waals surface area contributed by atoms with E-state index in [1.165, 1.54) is 24.9 Å². The number of aromatic nitrogens is 1. The molecule has 2 rings (SSSR count). The van der Waals surface area contributed by atoms with Gasteiger partial charge < -0.3 is 15.6 Å². The third kappa shape index (κ3) is 4.08. The fourth-order valence-corrected chi connectivity index (χ4v) is 2.74. The van der Waals surface area contributed by atoms with E-state index >= 15 is 0 Å². The summed E-state index contributed by atoms with van der Waals surface area (Å²) in [6.45, 7) is 0. The summed E-state index contributed by atoms with van der Waals surface area (Å²) in [7, 11) is 1.46. The molecule has 1 aromatic carbocycles. The topological polar surface area (TPSA) is 115 Å². The Morgan fingerprint density at radius 1 is 1.28 bits per heavy atom. The third-order valence-corrected chi connectivity index (χ3v) is 4.22. The molecule has 0 aliphatic rings. The van der Waals surface area contributed by atoms with E-state index in [0.29, 0.717) is 10.6 Å². The number of H-pyrrole nitrogens is 1. The van der Waals surface area contributed by atoms with Crippen molar-refractivity contribution < 1.29 is 9.59 Å². The Kier molecular flexibility index (Phi) is 5.98. The van der Waals surface area contributed by atoms with Crippen molar-refractivity contribution in [3.63, 3.8) is 0 Å². The van der Waals surface area contributed by atoms with Crippen LogP contribution < -0.4 is 16.2 Å². The SMILES string of the molecule is CNC(=O)C(NC(=O)c1cc(C#N)c(SC)[nH]c1=O)c1ccccc1. The minimum atomic E-state index is -0.955. The Hall–Kier alpha value is -3.05. The van der Waals surface area contributed by atoms with Crippen LogP contribution in [0, 0.1) is 11.3 Å². The molecule has 0 aliphatic carbocycles. The van der Waals surface area contributed by atoms with Gasteiger partial charge in [0.15, 0.2) is 0 Å². The molecule has 2 aromatic rings. The first-order valence-corrected chi connectivity index (χ1v) is 8.53. The maximum absolute atomic E-state index is 12.5. The van der Waals surface area contributed by atoms with Crippen LogP contribution in [0.15, 0.2) is 46.2 Å². The third-order valence-electron chi connectivity index (χ3n) is 3.49. The van der Waals surface area contributed by atoms with Gasteiger partial charge in [-0.2, -0.15) is 5.26 Å². The predicted molar refractivity (Wildman–Crippen MR) is 94.3 cm³/mol. The van der Waals surface area contributed by atoms with Crippen LogP contribution in [0.3, 0.4) is 0 Å². The number of rotatable bonds is 5. The summed E-state index contributed by atoms with van der Waals surface area (Å²) in [6, 6.07) is 10.9. The highest BCUT2D eigenvalue weighted by Crippen LogP contribution is 2.17. The Balaban J connectivity index is 2.38. The van der Waals surface area contributed by atoms with Crippen molar-refractivity contribution in [2.24, 2.45) is 0 Å². The highest BCUT2D eigenvalue weighted by atomic mass is 32.2. The lowest BCUT2D eigenvalue weighted by atomic mass is 10.1. The van der Waals surface area contributed by atoms with Gasteiger partial charge in [0.1, 0.15) is 17.7 Å². The number of likely N-dealkylation sites (N-methyl/N-ethyl adjacent to an activating group) is 1. The number of carbonyl (C=O) groups is 2. The summed E-state index contributed by atoms with van der Waals surface area (Å²) >= 11 is 1.20. The molecule has 3 N–H and O–H groups in total. The van der Waals surface area contributed by atoms with Crippen molar-refractivity contribution in [2.75, 3.05) is 13.3 Å². The zero-order chi connectivity index (χ0) is 18.4. The number of thioether (sulfide) groups is 1. The molecule has 1 aromatic heterocycles.